The summed E-state index contributed by atoms with van der Waals surface area (Å²) in [6, 6.07) is 6.20. The molecule has 2 rings (SSSR count). The van der Waals surface area contributed by atoms with Crippen LogP contribution in [0.2, 0.25) is 0 Å². The van der Waals surface area contributed by atoms with Gasteiger partial charge in [-0.05, 0) is 31.9 Å². The molecule has 1 aromatic rings. The minimum absolute atomic E-state index is 0.0708. The van der Waals surface area contributed by atoms with Crippen LogP contribution in [0, 0.1) is 19.8 Å². The summed E-state index contributed by atoms with van der Waals surface area (Å²) in [5.41, 5.74) is 3.45. The van der Waals surface area contributed by atoms with E-state index >= 15 is 0 Å². The molecule has 1 fully saturated rings. The number of rotatable bonds is 1. The summed E-state index contributed by atoms with van der Waals surface area (Å²) in [5, 5.41) is 3.38. The molecule has 3 nitrogen and oxygen atoms in total. The second kappa shape index (κ2) is 5.02. The molecule has 100 valence electrons. The highest BCUT2D eigenvalue weighted by Crippen LogP contribution is 2.22. The molecule has 0 amide bonds. The van der Waals surface area contributed by atoms with Crippen molar-refractivity contribution in [3.8, 4) is 0 Å². The summed E-state index contributed by atoms with van der Waals surface area (Å²) >= 11 is 0. The Morgan fingerprint density at radius 3 is 2.33 bits per heavy atom. The molecule has 0 radical (unpaired) electrons. The molecule has 2 atom stereocenters. The average molecular weight is 267 g/mol. The lowest BCUT2D eigenvalue weighted by Crippen LogP contribution is -2.26. The van der Waals surface area contributed by atoms with E-state index < -0.39 is 9.84 Å². The van der Waals surface area contributed by atoms with Crippen molar-refractivity contribution in [2.24, 2.45) is 5.92 Å². The molecule has 0 aliphatic carbocycles. The van der Waals surface area contributed by atoms with Crippen LogP contribution in [0.4, 0.5) is 0 Å². The first-order valence-electron chi connectivity index (χ1n) is 6.38. The molecule has 0 bridgehead atoms. The maximum Gasteiger partial charge on any atom is 0.152 e. The van der Waals surface area contributed by atoms with E-state index in [1.807, 2.05) is 20.8 Å². The smallest absolute Gasteiger partial charge is 0.152 e. The molecule has 0 aromatic heterocycles. The number of benzene rings is 1. The highest BCUT2D eigenvalue weighted by molar-refractivity contribution is 7.91. The van der Waals surface area contributed by atoms with Gasteiger partial charge >= 0.3 is 0 Å². The Morgan fingerprint density at radius 2 is 1.72 bits per heavy atom. The van der Waals surface area contributed by atoms with Crippen molar-refractivity contribution in [2.45, 2.75) is 26.8 Å². The largest absolute Gasteiger partial charge is 0.309 e. The van der Waals surface area contributed by atoms with Gasteiger partial charge in [-0.2, -0.15) is 0 Å². The number of aryl methyl sites for hydroxylation is 2. The summed E-state index contributed by atoms with van der Waals surface area (Å²) in [5.74, 6) is 0.688. The van der Waals surface area contributed by atoms with Gasteiger partial charge < -0.3 is 5.32 Å². The topological polar surface area (TPSA) is 46.2 Å². The third-order valence-corrected chi connectivity index (χ3v) is 5.24. The molecular formula is C14H21NO2S. The Morgan fingerprint density at radius 1 is 1.11 bits per heavy atom. The lowest BCUT2D eigenvalue weighted by molar-refractivity contribution is 0.517. The van der Waals surface area contributed by atoms with Crippen molar-refractivity contribution in [3.63, 3.8) is 0 Å². The Labute approximate surface area is 110 Å². The number of nitrogens with one attached hydrogen (secondary N) is 1. The van der Waals surface area contributed by atoms with Gasteiger partial charge in [-0.1, -0.05) is 36.2 Å². The second-order valence-corrected chi connectivity index (χ2v) is 7.72. The zero-order valence-corrected chi connectivity index (χ0v) is 12.0. The molecule has 1 aliphatic rings. The fourth-order valence-electron chi connectivity index (χ4n) is 2.64. The molecule has 1 saturated heterocycles. The van der Waals surface area contributed by atoms with Gasteiger partial charge in [-0.15, -0.1) is 0 Å². The van der Waals surface area contributed by atoms with Crippen molar-refractivity contribution in [1.82, 2.24) is 5.32 Å². The SMILES string of the molecule is Cc1cc(C)cc(C2CS(=O)(=O)CC(C)CN2)c1. The van der Waals surface area contributed by atoms with Gasteiger partial charge in [0, 0.05) is 6.04 Å². The molecule has 0 saturated carbocycles. The predicted molar refractivity (Wildman–Crippen MR) is 74.5 cm³/mol. The molecule has 1 heterocycles. The van der Waals surface area contributed by atoms with E-state index in [1.54, 1.807) is 0 Å². The molecule has 1 aromatic carbocycles. The first kappa shape index (κ1) is 13.6. The third-order valence-electron chi connectivity index (χ3n) is 3.32. The first-order valence-corrected chi connectivity index (χ1v) is 8.20. The minimum atomic E-state index is -2.95. The van der Waals surface area contributed by atoms with Gasteiger partial charge in [0.1, 0.15) is 0 Å². The van der Waals surface area contributed by atoms with E-state index in [-0.39, 0.29) is 17.7 Å². The summed E-state index contributed by atoms with van der Waals surface area (Å²) in [4.78, 5) is 0. The van der Waals surface area contributed by atoms with E-state index in [0.717, 1.165) is 12.1 Å². The van der Waals surface area contributed by atoms with Gasteiger partial charge in [0.2, 0.25) is 0 Å². The summed E-state index contributed by atoms with van der Waals surface area (Å²) in [6.45, 7) is 6.83. The van der Waals surface area contributed by atoms with E-state index in [2.05, 4.69) is 23.5 Å². The average Bonchev–Trinajstić information content (AvgIpc) is 2.34. The maximum absolute atomic E-state index is 12.0. The van der Waals surface area contributed by atoms with Crippen molar-refractivity contribution < 1.29 is 8.42 Å². The summed E-state index contributed by atoms with van der Waals surface area (Å²) < 4.78 is 24.0. The van der Waals surface area contributed by atoms with E-state index in [1.165, 1.54) is 11.1 Å². The van der Waals surface area contributed by atoms with Crippen molar-refractivity contribution in [3.05, 3.63) is 34.9 Å². The normalized spacial score (nSPS) is 27.7. The van der Waals surface area contributed by atoms with Gasteiger partial charge in [0.15, 0.2) is 9.84 Å². The van der Waals surface area contributed by atoms with Crippen LogP contribution in [0.25, 0.3) is 0 Å². The van der Waals surface area contributed by atoms with Gasteiger partial charge in [0.05, 0.1) is 11.5 Å². The van der Waals surface area contributed by atoms with Gasteiger partial charge in [-0.25, -0.2) is 8.42 Å². The van der Waals surface area contributed by atoms with Crippen LogP contribution in [0.5, 0.6) is 0 Å². The summed E-state index contributed by atoms with van der Waals surface area (Å²) in [6.07, 6.45) is 0. The highest BCUT2D eigenvalue weighted by Gasteiger charge is 2.27. The van der Waals surface area contributed by atoms with Crippen LogP contribution in [-0.2, 0) is 9.84 Å². The van der Waals surface area contributed by atoms with Crippen LogP contribution in [-0.4, -0.2) is 26.5 Å². The third kappa shape index (κ3) is 3.33. The molecule has 4 heteroatoms. The van der Waals surface area contributed by atoms with Crippen molar-refractivity contribution in [2.75, 3.05) is 18.1 Å². The zero-order valence-electron chi connectivity index (χ0n) is 11.2. The fourth-order valence-corrected chi connectivity index (χ4v) is 4.58. The quantitative estimate of drug-likeness (QED) is 0.846. The van der Waals surface area contributed by atoms with E-state index in [4.69, 9.17) is 0 Å². The number of sulfone groups is 1. The van der Waals surface area contributed by atoms with Crippen molar-refractivity contribution in [1.29, 1.82) is 0 Å². The Kier molecular flexibility index (Phi) is 3.78. The standard InChI is InChI=1S/C14H21NO2S/c1-10-4-11(2)6-13(5-10)14-9-18(16,17)8-12(3)7-15-14/h4-6,12,14-15H,7-9H2,1-3H3. The van der Waals surface area contributed by atoms with Crippen LogP contribution < -0.4 is 5.32 Å². The Hall–Kier alpha value is -0.870. The van der Waals surface area contributed by atoms with Gasteiger partial charge in [-0.3, -0.25) is 0 Å². The molecule has 2 unspecified atom stereocenters. The first-order chi connectivity index (χ1) is 8.35. The van der Waals surface area contributed by atoms with Crippen LogP contribution in [0.1, 0.15) is 29.7 Å². The van der Waals surface area contributed by atoms with Crippen molar-refractivity contribution >= 4 is 9.84 Å². The second-order valence-electron chi connectivity index (χ2n) is 5.56. The molecule has 1 N–H and O–H groups in total. The zero-order chi connectivity index (χ0) is 13.3. The van der Waals surface area contributed by atoms with E-state index in [9.17, 15) is 8.42 Å². The monoisotopic (exact) mass is 267 g/mol. The Bertz CT molecular complexity index is 516. The highest BCUT2D eigenvalue weighted by atomic mass is 32.2. The molecular weight excluding hydrogens is 246 g/mol. The summed E-state index contributed by atoms with van der Waals surface area (Å²) in [7, 11) is -2.95. The predicted octanol–water partition coefficient (Wildman–Crippen LogP) is 2.00. The minimum Gasteiger partial charge on any atom is -0.309 e. The maximum atomic E-state index is 12.0. The van der Waals surface area contributed by atoms with E-state index in [0.29, 0.717) is 5.75 Å². The number of hydrogen-bond acceptors (Lipinski definition) is 3. The van der Waals surface area contributed by atoms with Crippen LogP contribution in [0.15, 0.2) is 18.2 Å². The molecule has 1 aliphatic heterocycles. The van der Waals surface area contributed by atoms with Crippen LogP contribution in [0.3, 0.4) is 0 Å². The molecule has 18 heavy (non-hydrogen) atoms. The lowest BCUT2D eigenvalue weighted by Gasteiger charge is -2.17. The van der Waals surface area contributed by atoms with Crippen LogP contribution >= 0.6 is 0 Å². The lowest BCUT2D eigenvalue weighted by atomic mass is 10.0. The number of hydrogen-bond donors (Lipinski definition) is 1. The fraction of sp³-hybridized carbons (Fsp3) is 0.571. The Balaban J connectivity index is 2.32. The van der Waals surface area contributed by atoms with Gasteiger partial charge in [0.25, 0.3) is 0 Å². The molecule has 0 spiro atoms.